The van der Waals surface area contributed by atoms with Gasteiger partial charge in [-0.1, -0.05) is 43.3 Å². The number of aromatic hydroxyl groups is 1. The number of benzene rings is 2. The van der Waals surface area contributed by atoms with Crippen molar-refractivity contribution in [1.82, 2.24) is 5.32 Å². The minimum Gasteiger partial charge on any atom is -0.507 e. The zero-order valence-electron chi connectivity index (χ0n) is 12.5. The van der Waals surface area contributed by atoms with Crippen molar-refractivity contribution < 1.29 is 5.11 Å². The molecular formula is C18H23NO. The number of hydrogen-bond acceptors (Lipinski definition) is 2. The normalized spacial score (nSPS) is 10.8. The molecule has 2 nitrogen and oxygen atoms in total. The van der Waals surface area contributed by atoms with E-state index in [1.165, 1.54) is 16.7 Å². The predicted octanol–water partition coefficient (Wildman–Crippen LogP) is 3.86. The predicted molar refractivity (Wildman–Crippen MR) is 83.9 cm³/mol. The van der Waals surface area contributed by atoms with Crippen LogP contribution in [0.25, 0.3) is 0 Å². The molecular weight excluding hydrogens is 246 g/mol. The molecule has 2 rings (SSSR count). The zero-order chi connectivity index (χ0) is 14.5. The molecule has 2 aromatic carbocycles. The molecule has 0 saturated carbocycles. The number of nitrogens with one attached hydrogen (secondary N) is 1. The van der Waals surface area contributed by atoms with E-state index in [-0.39, 0.29) is 0 Å². The van der Waals surface area contributed by atoms with Crippen LogP contribution < -0.4 is 5.32 Å². The van der Waals surface area contributed by atoms with Gasteiger partial charge in [0, 0.05) is 13.1 Å². The second kappa shape index (κ2) is 6.58. The maximum atomic E-state index is 9.78. The van der Waals surface area contributed by atoms with Crippen LogP contribution in [-0.4, -0.2) is 5.11 Å². The van der Waals surface area contributed by atoms with Gasteiger partial charge in [-0.3, -0.25) is 0 Å². The van der Waals surface area contributed by atoms with Crippen molar-refractivity contribution in [3.8, 4) is 5.75 Å². The van der Waals surface area contributed by atoms with Crippen molar-refractivity contribution in [3.63, 3.8) is 0 Å². The lowest BCUT2D eigenvalue weighted by Gasteiger charge is -2.11. The topological polar surface area (TPSA) is 32.3 Å². The number of hydrogen-bond donors (Lipinski definition) is 2. The molecule has 0 aliphatic carbocycles. The molecule has 0 aliphatic heterocycles. The number of phenols is 1. The fourth-order valence-electron chi connectivity index (χ4n) is 2.56. The Balaban J connectivity index is 1.99. The minimum absolute atomic E-state index is 0.407. The van der Waals surface area contributed by atoms with E-state index < -0.39 is 0 Å². The van der Waals surface area contributed by atoms with Gasteiger partial charge in [0.15, 0.2) is 0 Å². The van der Waals surface area contributed by atoms with Gasteiger partial charge in [-0.15, -0.1) is 0 Å². The van der Waals surface area contributed by atoms with Crippen molar-refractivity contribution in [2.24, 2.45) is 0 Å². The third kappa shape index (κ3) is 3.40. The SMILES string of the molecule is CCc1ccccc1CNCc1cc(C)c(O)c(C)c1. The summed E-state index contributed by atoms with van der Waals surface area (Å²) in [6.45, 7) is 7.77. The summed E-state index contributed by atoms with van der Waals surface area (Å²) in [6.07, 6.45) is 1.06. The van der Waals surface area contributed by atoms with Gasteiger partial charge in [-0.05, 0) is 48.1 Å². The lowest BCUT2D eigenvalue weighted by molar-refractivity contribution is 0.466. The van der Waals surface area contributed by atoms with Gasteiger partial charge in [-0.2, -0.15) is 0 Å². The highest BCUT2D eigenvalue weighted by Gasteiger charge is 2.04. The Bertz CT molecular complexity index is 567. The molecule has 2 N–H and O–H groups in total. The Morgan fingerprint density at radius 1 is 0.950 bits per heavy atom. The summed E-state index contributed by atoms with van der Waals surface area (Å²) in [5.41, 5.74) is 5.86. The van der Waals surface area contributed by atoms with E-state index in [1.807, 2.05) is 26.0 Å². The van der Waals surface area contributed by atoms with Crippen molar-refractivity contribution in [2.45, 2.75) is 40.3 Å². The zero-order valence-corrected chi connectivity index (χ0v) is 12.5. The Kier molecular flexibility index (Phi) is 4.80. The van der Waals surface area contributed by atoms with Crippen LogP contribution in [0.15, 0.2) is 36.4 Å². The molecule has 0 fully saturated rings. The van der Waals surface area contributed by atoms with E-state index in [4.69, 9.17) is 0 Å². The summed E-state index contributed by atoms with van der Waals surface area (Å²) < 4.78 is 0. The minimum atomic E-state index is 0.407. The van der Waals surface area contributed by atoms with Crippen LogP contribution in [-0.2, 0) is 19.5 Å². The van der Waals surface area contributed by atoms with E-state index in [0.29, 0.717) is 5.75 Å². The smallest absolute Gasteiger partial charge is 0.121 e. The Labute approximate surface area is 121 Å². The van der Waals surface area contributed by atoms with E-state index in [2.05, 4.69) is 36.5 Å². The highest BCUT2D eigenvalue weighted by Crippen LogP contribution is 2.22. The highest BCUT2D eigenvalue weighted by atomic mass is 16.3. The van der Waals surface area contributed by atoms with Crippen LogP contribution in [0.3, 0.4) is 0 Å². The molecule has 0 heterocycles. The largest absolute Gasteiger partial charge is 0.507 e. The summed E-state index contributed by atoms with van der Waals surface area (Å²) in [5, 5.41) is 13.3. The molecule has 0 unspecified atom stereocenters. The van der Waals surface area contributed by atoms with Crippen molar-refractivity contribution in [3.05, 3.63) is 64.2 Å². The molecule has 2 heteroatoms. The van der Waals surface area contributed by atoms with Crippen molar-refractivity contribution >= 4 is 0 Å². The Hall–Kier alpha value is -1.80. The molecule has 0 spiro atoms. The Morgan fingerprint density at radius 2 is 1.55 bits per heavy atom. The molecule has 0 aliphatic rings. The second-order valence-corrected chi connectivity index (χ2v) is 5.30. The number of aryl methyl sites for hydroxylation is 3. The van der Waals surface area contributed by atoms with Gasteiger partial charge in [0.25, 0.3) is 0 Å². The van der Waals surface area contributed by atoms with Crippen LogP contribution in [0.1, 0.15) is 34.7 Å². The third-order valence-corrected chi connectivity index (χ3v) is 3.69. The standard InChI is InChI=1S/C18H23NO/c1-4-16-7-5-6-8-17(16)12-19-11-15-9-13(2)18(20)14(3)10-15/h5-10,19-20H,4,11-12H2,1-3H3. The number of rotatable bonds is 5. The fourth-order valence-corrected chi connectivity index (χ4v) is 2.56. The lowest BCUT2D eigenvalue weighted by Crippen LogP contribution is -2.14. The van der Waals surface area contributed by atoms with Crippen molar-refractivity contribution in [2.75, 3.05) is 0 Å². The third-order valence-electron chi connectivity index (χ3n) is 3.69. The van der Waals surface area contributed by atoms with Crippen LogP contribution in [0.2, 0.25) is 0 Å². The summed E-state index contributed by atoms with van der Waals surface area (Å²) in [6, 6.07) is 12.6. The van der Waals surface area contributed by atoms with Crippen LogP contribution in [0.4, 0.5) is 0 Å². The van der Waals surface area contributed by atoms with Gasteiger partial charge in [0.05, 0.1) is 0 Å². The van der Waals surface area contributed by atoms with Crippen LogP contribution in [0.5, 0.6) is 5.75 Å². The molecule has 2 aromatic rings. The van der Waals surface area contributed by atoms with Crippen LogP contribution >= 0.6 is 0 Å². The quantitative estimate of drug-likeness (QED) is 0.864. The molecule has 0 saturated heterocycles. The first-order valence-electron chi connectivity index (χ1n) is 7.18. The van der Waals surface area contributed by atoms with Gasteiger partial charge >= 0.3 is 0 Å². The van der Waals surface area contributed by atoms with Gasteiger partial charge in [0.2, 0.25) is 0 Å². The molecule has 20 heavy (non-hydrogen) atoms. The monoisotopic (exact) mass is 269 g/mol. The first kappa shape index (κ1) is 14.6. The first-order valence-corrected chi connectivity index (χ1v) is 7.18. The summed E-state index contributed by atoms with van der Waals surface area (Å²) in [4.78, 5) is 0. The van der Waals surface area contributed by atoms with E-state index >= 15 is 0 Å². The first-order chi connectivity index (χ1) is 9.61. The maximum Gasteiger partial charge on any atom is 0.121 e. The number of phenolic OH excluding ortho intramolecular Hbond substituents is 1. The van der Waals surface area contributed by atoms with Gasteiger partial charge in [0.1, 0.15) is 5.75 Å². The van der Waals surface area contributed by atoms with Gasteiger partial charge < -0.3 is 10.4 Å². The fraction of sp³-hybridized carbons (Fsp3) is 0.333. The average Bonchev–Trinajstić information content (AvgIpc) is 2.45. The van der Waals surface area contributed by atoms with Crippen molar-refractivity contribution in [1.29, 1.82) is 0 Å². The average molecular weight is 269 g/mol. The highest BCUT2D eigenvalue weighted by molar-refractivity contribution is 5.42. The molecule has 0 atom stereocenters. The molecule has 0 aromatic heterocycles. The van der Waals surface area contributed by atoms with Crippen LogP contribution in [0, 0.1) is 13.8 Å². The molecule has 0 amide bonds. The van der Waals surface area contributed by atoms with Gasteiger partial charge in [-0.25, -0.2) is 0 Å². The summed E-state index contributed by atoms with van der Waals surface area (Å²) >= 11 is 0. The summed E-state index contributed by atoms with van der Waals surface area (Å²) in [5.74, 6) is 0.407. The summed E-state index contributed by atoms with van der Waals surface area (Å²) in [7, 11) is 0. The van der Waals surface area contributed by atoms with E-state index in [0.717, 1.165) is 30.6 Å². The lowest BCUT2D eigenvalue weighted by atomic mass is 10.0. The Morgan fingerprint density at radius 3 is 2.15 bits per heavy atom. The van der Waals surface area contributed by atoms with E-state index in [1.54, 1.807) is 0 Å². The van der Waals surface area contributed by atoms with E-state index in [9.17, 15) is 5.11 Å². The molecule has 106 valence electrons. The molecule has 0 bridgehead atoms. The maximum absolute atomic E-state index is 9.78. The molecule has 0 radical (unpaired) electrons. The second-order valence-electron chi connectivity index (χ2n) is 5.30.